The number of aromatic nitrogens is 4. The van der Waals surface area contributed by atoms with Gasteiger partial charge in [0, 0.05) is 14.0 Å². The second kappa shape index (κ2) is 11.8. The van der Waals surface area contributed by atoms with Crippen LogP contribution in [0, 0.1) is 6.92 Å². The number of nitrogens with one attached hydrogen (secondary N) is 1. The third-order valence-corrected chi connectivity index (χ3v) is 2.19. The number of aryl methyl sites for hydroxylation is 1. The number of rotatable bonds is 1. The zero-order valence-electron chi connectivity index (χ0n) is 14.8. The Kier molecular flexibility index (Phi) is 12.0. The average Bonchev–Trinajstić information content (AvgIpc) is 2.99. The van der Waals surface area contributed by atoms with Crippen LogP contribution in [0.1, 0.15) is 54.3 Å². The van der Waals surface area contributed by atoms with Gasteiger partial charge in [0.1, 0.15) is 11.6 Å². The number of aromatic amines is 1. The van der Waals surface area contributed by atoms with E-state index < -0.39 is 0 Å². The van der Waals surface area contributed by atoms with E-state index in [0.29, 0.717) is 17.3 Å². The number of anilines is 1. The third kappa shape index (κ3) is 5.89. The number of hydrogen-bond donors (Lipinski definition) is 1. The molecular formula is C15H29N5O. The molecule has 2 aromatic heterocycles. The number of nitrogens with zero attached hydrogens (tertiary/aromatic N) is 4. The van der Waals surface area contributed by atoms with Gasteiger partial charge in [0.05, 0.1) is 11.6 Å². The lowest BCUT2D eigenvalue weighted by Crippen LogP contribution is -2.24. The Labute approximate surface area is 128 Å². The fourth-order valence-corrected chi connectivity index (χ4v) is 1.33. The van der Waals surface area contributed by atoms with Crippen molar-refractivity contribution in [1.29, 1.82) is 0 Å². The van der Waals surface area contributed by atoms with Gasteiger partial charge in [-0.25, -0.2) is 9.97 Å². The second-order valence-electron chi connectivity index (χ2n) is 3.30. The van der Waals surface area contributed by atoms with Crippen molar-refractivity contribution in [3.05, 3.63) is 12.0 Å². The van der Waals surface area contributed by atoms with Gasteiger partial charge in [-0.1, -0.05) is 41.5 Å². The van der Waals surface area contributed by atoms with Crippen molar-refractivity contribution >= 4 is 22.8 Å². The van der Waals surface area contributed by atoms with Gasteiger partial charge in [0.25, 0.3) is 0 Å². The van der Waals surface area contributed by atoms with Crippen LogP contribution in [0.4, 0.5) is 5.82 Å². The van der Waals surface area contributed by atoms with E-state index in [2.05, 4.69) is 20.2 Å². The Morgan fingerprint density at radius 3 is 2.10 bits per heavy atom. The van der Waals surface area contributed by atoms with Crippen molar-refractivity contribution in [2.45, 2.75) is 55.4 Å². The highest BCUT2D eigenvalue weighted by Crippen LogP contribution is 2.20. The zero-order chi connectivity index (χ0) is 17.0. The monoisotopic (exact) mass is 295 g/mol. The summed E-state index contributed by atoms with van der Waals surface area (Å²) in [6.45, 7) is 15.3. The van der Waals surface area contributed by atoms with Crippen molar-refractivity contribution in [3.8, 4) is 0 Å². The first kappa shape index (κ1) is 21.3. The molecule has 0 saturated heterocycles. The lowest BCUT2D eigenvalue weighted by Gasteiger charge is -2.14. The fourth-order valence-electron chi connectivity index (χ4n) is 1.33. The summed E-state index contributed by atoms with van der Waals surface area (Å²) in [6.07, 6.45) is 1.61. The first-order valence-corrected chi connectivity index (χ1v) is 7.51. The molecule has 6 nitrogen and oxygen atoms in total. The van der Waals surface area contributed by atoms with E-state index in [1.165, 1.54) is 11.8 Å². The van der Waals surface area contributed by atoms with Crippen LogP contribution >= 0.6 is 0 Å². The van der Waals surface area contributed by atoms with Crippen LogP contribution in [0.15, 0.2) is 6.20 Å². The van der Waals surface area contributed by atoms with Crippen molar-refractivity contribution in [2.75, 3.05) is 11.9 Å². The molecule has 0 aliphatic heterocycles. The normalized spacial score (nSPS) is 8.43. The minimum atomic E-state index is -0.0735. The highest BCUT2D eigenvalue weighted by molar-refractivity contribution is 5.98. The SMILES string of the molecule is CC.CC.CC.CC(=O)N(C)c1nc(C)nc2[nH]ncc12. The first-order valence-electron chi connectivity index (χ1n) is 7.51. The molecule has 1 amide bonds. The summed E-state index contributed by atoms with van der Waals surface area (Å²) in [4.78, 5) is 21.1. The molecule has 0 saturated carbocycles. The van der Waals surface area contributed by atoms with Gasteiger partial charge in [0.2, 0.25) is 5.91 Å². The molecule has 6 heteroatoms. The van der Waals surface area contributed by atoms with E-state index in [9.17, 15) is 4.79 Å². The molecular weight excluding hydrogens is 266 g/mol. The summed E-state index contributed by atoms with van der Waals surface area (Å²) in [7, 11) is 1.68. The van der Waals surface area contributed by atoms with Crippen molar-refractivity contribution in [1.82, 2.24) is 20.2 Å². The largest absolute Gasteiger partial charge is 0.299 e. The first-order chi connectivity index (χ1) is 10.1. The summed E-state index contributed by atoms with van der Waals surface area (Å²) in [5.41, 5.74) is 0.644. The highest BCUT2D eigenvalue weighted by Gasteiger charge is 2.14. The zero-order valence-corrected chi connectivity index (χ0v) is 14.8. The van der Waals surface area contributed by atoms with E-state index in [1.54, 1.807) is 20.2 Å². The molecule has 2 rings (SSSR count). The Balaban J connectivity index is 0. The van der Waals surface area contributed by atoms with Gasteiger partial charge in [-0.2, -0.15) is 5.10 Å². The molecule has 0 atom stereocenters. The maximum Gasteiger partial charge on any atom is 0.224 e. The predicted octanol–water partition coefficient (Wildman–Crippen LogP) is 3.72. The van der Waals surface area contributed by atoms with Gasteiger partial charge < -0.3 is 0 Å². The molecule has 0 aliphatic rings. The summed E-state index contributed by atoms with van der Waals surface area (Å²) >= 11 is 0. The van der Waals surface area contributed by atoms with Crippen molar-refractivity contribution in [2.24, 2.45) is 0 Å². The Hall–Kier alpha value is -1.98. The van der Waals surface area contributed by atoms with Gasteiger partial charge >= 0.3 is 0 Å². The summed E-state index contributed by atoms with van der Waals surface area (Å²) in [5.74, 6) is 1.12. The molecule has 0 fully saturated rings. The van der Waals surface area contributed by atoms with E-state index in [4.69, 9.17) is 0 Å². The van der Waals surface area contributed by atoms with Gasteiger partial charge in [0.15, 0.2) is 5.65 Å². The van der Waals surface area contributed by atoms with Crippen molar-refractivity contribution in [3.63, 3.8) is 0 Å². The van der Waals surface area contributed by atoms with E-state index >= 15 is 0 Å². The Morgan fingerprint density at radius 2 is 1.62 bits per heavy atom. The maximum atomic E-state index is 11.3. The van der Waals surface area contributed by atoms with Crippen LogP contribution in [-0.4, -0.2) is 33.1 Å². The Bertz CT molecular complexity index is 522. The molecule has 2 aromatic rings. The predicted molar refractivity (Wildman–Crippen MR) is 89.5 cm³/mol. The molecule has 0 unspecified atom stereocenters. The number of carbonyl (C=O) groups excluding carboxylic acids is 1. The number of carbonyl (C=O) groups is 1. The number of fused-ring (bicyclic) bond motifs is 1. The number of H-pyrrole nitrogens is 1. The summed E-state index contributed by atoms with van der Waals surface area (Å²) < 4.78 is 0. The number of amides is 1. The minimum absolute atomic E-state index is 0.0735. The lowest BCUT2D eigenvalue weighted by molar-refractivity contribution is -0.116. The maximum absolute atomic E-state index is 11.3. The van der Waals surface area contributed by atoms with Crippen LogP contribution in [0.2, 0.25) is 0 Å². The molecule has 21 heavy (non-hydrogen) atoms. The molecule has 0 aromatic carbocycles. The average molecular weight is 295 g/mol. The van der Waals surface area contributed by atoms with Crippen LogP contribution in [0.5, 0.6) is 0 Å². The van der Waals surface area contributed by atoms with Gasteiger partial charge in [-0.3, -0.25) is 14.8 Å². The van der Waals surface area contributed by atoms with E-state index in [-0.39, 0.29) is 5.91 Å². The minimum Gasteiger partial charge on any atom is -0.299 e. The molecule has 120 valence electrons. The quantitative estimate of drug-likeness (QED) is 0.870. The lowest BCUT2D eigenvalue weighted by atomic mass is 10.3. The smallest absolute Gasteiger partial charge is 0.224 e. The molecule has 0 aliphatic carbocycles. The standard InChI is InChI=1S/C9H11N5O.3C2H6/c1-5-11-8-7(4-10-13-8)9(12-5)14(3)6(2)15;3*1-2/h4H,1-3H3,(H,10,11,12,13);3*1-2H3. The topological polar surface area (TPSA) is 74.8 Å². The second-order valence-corrected chi connectivity index (χ2v) is 3.30. The molecule has 0 bridgehead atoms. The summed E-state index contributed by atoms with van der Waals surface area (Å²) in [5, 5.41) is 7.38. The summed E-state index contributed by atoms with van der Waals surface area (Å²) in [6, 6.07) is 0. The third-order valence-electron chi connectivity index (χ3n) is 2.19. The van der Waals surface area contributed by atoms with E-state index in [0.717, 1.165) is 5.39 Å². The van der Waals surface area contributed by atoms with Crippen LogP contribution in [0.25, 0.3) is 11.0 Å². The van der Waals surface area contributed by atoms with E-state index in [1.807, 2.05) is 41.5 Å². The number of hydrogen-bond acceptors (Lipinski definition) is 4. The molecule has 1 N–H and O–H groups in total. The van der Waals surface area contributed by atoms with Crippen LogP contribution in [-0.2, 0) is 4.79 Å². The Morgan fingerprint density at radius 1 is 1.10 bits per heavy atom. The van der Waals surface area contributed by atoms with Gasteiger partial charge in [-0.15, -0.1) is 0 Å². The molecule has 0 radical (unpaired) electrons. The fraction of sp³-hybridized carbons (Fsp3) is 0.600. The molecule has 2 heterocycles. The van der Waals surface area contributed by atoms with Crippen LogP contribution in [0.3, 0.4) is 0 Å². The van der Waals surface area contributed by atoms with Gasteiger partial charge in [-0.05, 0) is 6.92 Å². The highest BCUT2D eigenvalue weighted by atomic mass is 16.2. The van der Waals surface area contributed by atoms with Crippen molar-refractivity contribution < 1.29 is 4.79 Å². The van der Waals surface area contributed by atoms with Crippen LogP contribution < -0.4 is 4.90 Å². The molecule has 0 spiro atoms.